The molecule has 2 heteroatoms. The van der Waals surface area contributed by atoms with Gasteiger partial charge >= 0.3 is 0 Å². The third-order valence-electron chi connectivity index (χ3n) is 3.12. The molecule has 1 aromatic carbocycles. The molecule has 0 spiro atoms. The first-order chi connectivity index (χ1) is 7.99. The molecule has 0 amide bonds. The predicted molar refractivity (Wildman–Crippen MR) is 79.8 cm³/mol. The molecule has 0 nitrogen and oxygen atoms in total. The predicted octanol–water partition coefficient (Wildman–Crippen LogP) is 4.76. The zero-order valence-electron chi connectivity index (χ0n) is 10.8. The van der Waals surface area contributed by atoms with Gasteiger partial charge in [-0.1, -0.05) is 41.2 Å². The fraction of sp³-hybridized carbons (Fsp3) is 0.333. The van der Waals surface area contributed by atoms with Crippen LogP contribution in [0.25, 0.3) is 0 Å². The highest BCUT2D eigenvalue weighted by Gasteiger charge is 2.17. The number of aryl methyl sites for hydroxylation is 3. The van der Waals surface area contributed by atoms with E-state index in [9.17, 15) is 0 Å². The molecule has 1 unspecified atom stereocenters. The maximum absolute atomic E-state index is 6.13. The highest BCUT2D eigenvalue weighted by atomic mass is 35.5. The minimum absolute atomic E-state index is 0.210. The van der Waals surface area contributed by atoms with Gasteiger partial charge in [0.2, 0.25) is 0 Å². The summed E-state index contributed by atoms with van der Waals surface area (Å²) in [7, 11) is -0.210. The molecule has 1 heterocycles. The lowest BCUT2D eigenvalue weighted by atomic mass is 10.1. The van der Waals surface area contributed by atoms with Gasteiger partial charge in [-0.25, -0.2) is 0 Å². The number of hydrogen-bond donors (Lipinski definition) is 0. The molecule has 0 saturated heterocycles. The van der Waals surface area contributed by atoms with Gasteiger partial charge in [0, 0.05) is 5.03 Å². The Hall–Kier alpha value is -0.580. The monoisotopic (exact) mass is 264 g/mol. The fourth-order valence-corrected chi connectivity index (χ4v) is 5.22. The molecule has 17 heavy (non-hydrogen) atoms. The number of hydrogen-bond acceptors (Lipinski definition) is 0. The molecule has 1 aromatic rings. The largest absolute Gasteiger partial charge is 0.0844 e. The first-order valence-electron chi connectivity index (χ1n) is 5.88. The third-order valence-corrected chi connectivity index (χ3v) is 6.12. The average molecular weight is 265 g/mol. The Balaban J connectivity index is 2.43. The summed E-state index contributed by atoms with van der Waals surface area (Å²) in [5.74, 6) is 2.36. The van der Waals surface area contributed by atoms with Gasteiger partial charge in [0.15, 0.2) is 0 Å². The van der Waals surface area contributed by atoms with Crippen LogP contribution in [0.3, 0.4) is 0 Å². The fourth-order valence-electron chi connectivity index (χ4n) is 2.47. The second kappa shape index (κ2) is 4.96. The lowest BCUT2D eigenvalue weighted by Crippen LogP contribution is -2.12. The topological polar surface area (TPSA) is 0 Å². The van der Waals surface area contributed by atoms with E-state index in [0.29, 0.717) is 0 Å². The summed E-state index contributed by atoms with van der Waals surface area (Å²) < 4.78 is 0. The van der Waals surface area contributed by atoms with E-state index in [-0.39, 0.29) is 7.92 Å². The Morgan fingerprint density at radius 3 is 2.18 bits per heavy atom. The molecule has 0 bridgehead atoms. The number of benzene rings is 1. The molecule has 90 valence electrons. The van der Waals surface area contributed by atoms with E-state index in [4.69, 9.17) is 11.6 Å². The van der Waals surface area contributed by atoms with Crippen molar-refractivity contribution < 1.29 is 0 Å². The van der Waals surface area contributed by atoms with E-state index >= 15 is 0 Å². The summed E-state index contributed by atoms with van der Waals surface area (Å²) in [5, 5.41) is 2.46. The van der Waals surface area contributed by atoms with Crippen LogP contribution in [0.15, 0.2) is 34.6 Å². The normalized spacial score (nSPS) is 19.9. The van der Waals surface area contributed by atoms with E-state index in [0.717, 1.165) is 11.2 Å². The SMILES string of the molecule is CC1=CP(c2c(C)cc(C)cc2C)CC=C1Cl. The van der Waals surface area contributed by atoms with Crippen molar-refractivity contribution in [2.24, 2.45) is 0 Å². The minimum atomic E-state index is -0.210. The summed E-state index contributed by atoms with van der Waals surface area (Å²) in [6.07, 6.45) is 3.25. The van der Waals surface area contributed by atoms with Crippen molar-refractivity contribution in [2.45, 2.75) is 27.7 Å². The van der Waals surface area contributed by atoms with E-state index in [1.54, 1.807) is 0 Å². The van der Waals surface area contributed by atoms with Gasteiger partial charge in [0.25, 0.3) is 0 Å². The maximum Gasteiger partial charge on any atom is 0.0399 e. The first-order valence-corrected chi connectivity index (χ1v) is 7.85. The van der Waals surface area contributed by atoms with Crippen molar-refractivity contribution in [3.05, 3.63) is 51.3 Å². The zero-order chi connectivity index (χ0) is 12.6. The Morgan fingerprint density at radius 2 is 1.65 bits per heavy atom. The molecule has 2 rings (SSSR count). The van der Waals surface area contributed by atoms with Crippen molar-refractivity contribution in [3.63, 3.8) is 0 Å². The van der Waals surface area contributed by atoms with Crippen LogP contribution in [0, 0.1) is 20.8 Å². The molecule has 0 aliphatic carbocycles. The Bertz CT molecular complexity index is 489. The summed E-state index contributed by atoms with van der Waals surface area (Å²) in [6.45, 7) is 8.71. The molecule has 0 radical (unpaired) electrons. The quantitative estimate of drug-likeness (QED) is 0.642. The lowest BCUT2D eigenvalue weighted by Gasteiger charge is -2.22. The maximum atomic E-state index is 6.13. The molecular weight excluding hydrogens is 247 g/mol. The Morgan fingerprint density at radius 1 is 1.06 bits per heavy atom. The van der Waals surface area contributed by atoms with Crippen molar-refractivity contribution in [3.8, 4) is 0 Å². The van der Waals surface area contributed by atoms with Gasteiger partial charge in [0.05, 0.1) is 0 Å². The number of allylic oxidation sites excluding steroid dienone is 3. The molecule has 0 N–H and O–H groups in total. The van der Waals surface area contributed by atoms with Crippen LogP contribution < -0.4 is 5.30 Å². The summed E-state index contributed by atoms with van der Waals surface area (Å²) >= 11 is 6.13. The number of halogens is 1. The molecule has 1 aliphatic heterocycles. The van der Waals surface area contributed by atoms with Crippen molar-refractivity contribution in [1.82, 2.24) is 0 Å². The summed E-state index contributed by atoms with van der Waals surface area (Å²) in [4.78, 5) is 0. The van der Waals surface area contributed by atoms with Crippen molar-refractivity contribution in [2.75, 3.05) is 6.16 Å². The average Bonchev–Trinajstić information content (AvgIpc) is 2.21. The van der Waals surface area contributed by atoms with E-state index in [1.165, 1.54) is 27.6 Å². The molecule has 1 atom stereocenters. The molecule has 1 aliphatic rings. The van der Waals surface area contributed by atoms with Crippen LogP contribution in [0.5, 0.6) is 0 Å². The summed E-state index contributed by atoms with van der Waals surface area (Å²) in [6, 6.07) is 4.57. The lowest BCUT2D eigenvalue weighted by molar-refractivity contribution is 1.35. The molecule has 0 saturated carbocycles. The van der Waals surface area contributed by atoms with Gasteiger partial charge in [-0.05, 0) is 63.8 Å². The van der Waals surface area contributed by atoms with E-state index < -0.39 is 0 Å². The van der Waals surface area contributed by atoms with Crippen LogP contribution in [-0.2, 0) is 0 Å². The number of rotatable bonds is 1. The van der Waals surface area contributed by atoms with Crippen molar-refractivity contribution >= 4 is 24.8 Å². The van der Waals surface area contributed by atoms with Gasteiger partial charge in [-0.2, -0.15) is 0 Å². The van der Waals surface area contributed by atoms with Gasteiger partial charge < -0.3 is 0 Å². The van der Waals surface area contributed by atoms with E-state index in [1.807, 2.05) is 0 Å². The first kappa shape index (κ1) is 12.9. The molecular formula is C15H18ClP. The van der Waals surface area contributed by atoms with Gasteiger partial charge in [-0.15, -0.1) is 0 Å². The van der Waals surface area contributed by atoms with Crippen LogP contribution in [0.2, 0.25) is 0 Å². The minimum Gasteiger partial charge on any atom is -0.0844 e. The highest BCUT2D eigenvalue weighted by molar-refractivity contribution is 7.69. The molecule has 0 aromatic heterocycles. The second-order valence-electron chi connectivity index (χ2n) is 4.76. The molecule has 0 fully saturated rings. The zero-order valence-corrected chi connectivity index (χ0v) is 12.5. The van der Waals surface area contributed by atoms with Crippen LogP contribution >= 0.6 is 19.5 Å². The standard InChI is InChI=1S/C15H18ClP/c1-10-7-11(2)15(12(3)8-10)17-6-5-14(16)13(4)9-17/h5,7-9H,6H2,1-4H3. The Kier molecular flexibility index (Phi) is 3.76. The van der Waals surface area contributed by atoms with Gasteiger partial charge in [-0.3, -0.25) is 0 Å². The van der Waals surface area contributed by atoms with Crippen LogP contribution in [-0.4, -0.2) is 6.16 Å². The van der Waals surface area contributed by atoms with E-state index in [2.05, 4.69) is 51.7 Å². The van der Waals surface area contributed by atoms with Crippen LogP contribution in [0.1, 0.15) is 23.6 Å². The van der Waals surface area contributed by atoms with Crippen LogP contribution in [0.4, 0.5) is 0 Å². The second-order valence-corrected chi connectivity index (χ2v) is 7.18. The highest BCUT2D eigenvalue weighted by Crippen LogP contribution is 2.44. The smallest absolute Gasteiger partial charge is 0.0399 e. The Labute approximate surface area is 110 Å². The van der Waals surface area contributed by atoms with Crippen molar-refractivity contribution in [1.29, 1.82) is 0 Å². The third kappa shape index (κ3) is 2.64. The van der Waals surface area contributed by atoms with Gasteiger partial charge in [0.1, 0.15) is 0 Å². The summed E-state index contributed by atoms with van der Waals surface area (Å²) in [5.41, 5.74) is 5.42.